The van der Waals surface area contributed by atoms with Crippen molar-refractivity contribution in [2.24, 2.45) is 0 Å². The fraction of sp³-hybridized carbons (Fsp3) is 0.125. The Bertz CT molecular complexity index is 490. The van der Waals surface area contributed by atoms with Crippen molar-refractivity contribution in [2.75, 3.05) is 7.11 Å². The highest BCUT2D eigenvalue weighted by Gasteiger charge is 2.21. The zero-order valence-electron chi connectivity index (χ0n) is 7.67. The van der Waals surface area contributed by atoms with E-state index in [1.165, 1.54) is 0 Å². The molecule has 82 valence electrons. The Kier molecular flexibility index (Phi) is 2.96. The van der Waals surface area contributed by atoms with Crippen LogP contribution in [0, 0.1) is 0 Å². The Morgan fingerprint density at radius 1 is 1.40 bits per heavy atom. The first-order chi connectivity index (χ1) is 6.86. The number of phenols is 1. The molecule has 1 aromatic rings. The standard InChI is InChI=1S/C8H8O6S/c1-14-8(10)6-3-2-5(9)4-7(6)15(11,12)13/h2-4,9H,1H3,(H,11,12,13). The fourth-order valence-corrected chi connectivity index (χ4v) is 1.70. The molecule has 0 spiro atoms. The number of benzene rings is 1. The number of aromatic hydroxyl groups is 1. The van der Waals surface area contributed by atoms with E-state index in [2.05, 4.69) is 4.74 Å². The van der Waals surface area contributed by atoms with Gasteiger partial charge in [0.1, 0.15) is 10.6 Å². The van der Waals surface area contributed by atoms with E-state index in [9.17, 15) is 13.2 Å². The van der Waals surface area contributed by atoms with Crippen molar-refractivity contribution in [2.45, 2.75) is 4.90 Å². The number of phenolic OH excluding ortho intramolecular Hbond substituents is 1. The van der Waals surface area contributed by atoms with Gasteiger partial charge in [-0.25, -0.2) is 4.79 Å². The van der Waals surface area contributed by atoms with Crippen molar-refractivity contribution in [3.63, 3.8) is 0 Å². The predicted molar refractivity (Wildman–Crippen MR) is 49.3 cm³/mol. The van der Waals surface area contributed by atoms with E-state index in [1.807, 2.05) is 0 Å². The van der Waals surface area contributed by atoms with Gasteiger partial charge >= 0.3 is 5.97 Å². The third-order valence-electron chi connectivity index (χ3n) is 1.65. The van der Waals surface area contributed by atoms with Gasteiger partial charge in [-0.1, -0.05) is 0 Å². The van der Waals surface area contributed by atoms with Crippen molar-refractivity contribution >= 4 is 16.1 Å². The minimum Gasteiger partial charge on any atom is -0.508 e. The van der Waals surface area contributed by atoms with Crippen LogP contribution < -0.4 is 0 Å². The SMILES string of the molecule is COC(=O)c1ccc(O)cc1S(=O)(=O)O. The summed E-state index contributed by atoms with van der Waals surface area (Å²) in [5, 5.41) is 9.03. The molecule has 0 saturated carbocycles. The Balaban J connectivity index is 3.47. The smallest absolute Gasteiger partial charge is 0.339 e. The third-order valence-corrected chi connectivity index (χ3v) is 2.54. The average Bonchev–Trinajstić information content (AvgIpc) is 2.15. The van der Waals surface area contributed by atoms with Gasteiger partial charge < -0.3 is 9.84 Å². The predicted octanol–water partition coefficient (Wildman–Crippen LogP) is 0.426. The lowest BCUT2D eigenvalue weighted by molar-refractivity contribution is 0.0596. The van der Waals surface area contributed by atoms with E-state index >= 15 is 0 Å². The average molecular weight is 232 g/mol. The summed E-state index contributed by atoms with van der Waals surface area (Å²) in [6, 6.07) is 2.92. The molecule has 0 atom stereocenters. The van der Waals surface area contributed by atoms with Crippen LogP contribution in [0.3, 0.4) is 0 Å². The molecule has 1 rings (SSSR count). The summed E-state index contributed by atoms with van der Waals surface area (Å²) < 4.78 is 34.8. The highest BCUT2D eigenvalue weighted by Crippen LogP contribution is 2.21. The number of rotatable bonds is 2. The molecule has 0 saturated heterocycles. The van der Waals surface area contributed by atoms with Gasteiger partial charge in [0.15, 0.2) is 0 Å². The number of carbonyl (C=O) groups is 1. The number of esters is 1. The molecular formula is C8H8O6S. The number of ether oxygens (including phenoxy) is 1. The van der Waals surface area contributed by atoms with Crippen molar-refractivity contribution in [3.05, 3.63) is 23.8 Å². The molecule has 0 bridgehead atoms. The number of methoxy groups -OCH3 is 1. The molecule has 0 aliphatic heterocycles. The topological polar surface area (TPSA) is 101 Å². The van der Waals surface area contributed by atoms with Crippen molar-refractivity contribution in [1.82, 2.24) is 0 Å². The highest BCUT2D eigenvalue weighted by atomic mass is 32.2. The maximum Gasteiger partial charge on any atom is 0.339 e. The number of hydrogen-bond donors (Lipinski definition) is 2. The molecule has 1 aromatic carbocycles. The van der Waals surface area contributed by atoms with Crippen LogP contribution in [0.5, 0.6) is 5.75 Å². The lowest BCUT2D eigenvalue weighted by atomic mass is 10.2. The van der Waals surface area contributed by atoms with E-state index in [-0.39, 0.29) is 11.3 Å². The van der Waals surface area contributed by atoms with E-state index in [0.29, 0.717) is 0 Å². The van der Waals surface area contributed by atoms with Crippen molar-refractivity contribution in [3.8, 4) is 5.75 Å². The van der Waals surface area contributed by atoms with E-state index in [1.54, 1.807) is 0 Å². The van der Waals surface area contributed by atoms with Crippen LogP contribution in [0.2, 0.25) is 0 Å². The monoisotopic (exact) mass is 232 g/mol. The summed E-state index contributed by atoms with van der Waals surface area (Å²) in [6.45, 7) is 0. The molecular weight excluding hydrogens is 224 g/mol. The Labute approximate surface area is 85.9 Å². The maximum absolute atomic E-state index is 11.1. The summed E-state index contributed by atoms with van der Waals surface area (Å²) in [5.74, 6) is -1.29. The van der Waals surface area contributed by atoms with Gasteiger partial charge in [-0.2, -0.15) is 8.42 Å². The molecule has 0 amide bonds. The first-order valence-electron chi connectivity index (χ1n) is 3.75. The van der Waals surface area contributed by atoms with Gasteiger partial charge in [-0.05, 0) is 12.1 Å². The summed E-state index contributed by atoms with van der Waals surface area (Å²) >= 11 is 0. The van der Waals surface area contributed by atoms with Gasteiger partial charge in [0, 0.05) is 6.07 Å². The fourth-order valence-electron chi connectivity index (χ4n) is 1.00. The quantitative estimate of drug-likeness (QED) is 0.566. The summed E-state index contributed by atoms with van der Waals surface area (Å²) in [6.07, 6.45) is 0. The normalized spacial score (nSPS) is 11.1. The second kappa shape index (κ2) is 3.87. The Morgan fingerprint density at radius 2 is 2.00 bits per heavy atom. The lowest BCUT2D eigenvalue weighted by Gasteiger charge is -2.05. The second-order valence-corrected chi connectivity index (χ2v) is 4.04. The lowest BCUT2D eigenvalue weighted by Crippen LogP contribution is -2.09. The highest BCUT2D eigenvalue weighted by molar-refractivity contribution is 7.86. The molecule has 6 nitrogen and oxygen atoms in total. The van der Waals surface area contributed by atoms with Crippen LogP contribution in [-0.4, -0.2) is 31.2 Å². The second-order valence-electron chi connectivity index (χ2n) is 2.65. The molecule has 15 heavy (non-hydrogen) atoms. The largest absolute Gasteiger partial charge is 0.508 e. The first kappa shape index (κ1) is 11.5. The minimum atomic E-state index is -4.57. The molecule has 7 heteroatoms. The van der Waals surface area contributed by atoms with Crippen LogP contribution in [-0.2, 0) is 14.9 Å². The third kappa shape index (κ3) is 2.45. The molecule has 0 aromatic heterocycles. The molecule has 2 N–H and O–H groups in total. The molecule has 0 aliphatic rings. The molecule has 0 unspecified atom stereocenters. The molecule has 0 aliphatic carbocycles. The van der Waals surface area contributed by atoms with Gasteiger partial charge in [-0.15, -0.1) is 0 Å². The van der Waals surface area contributed by atoms with Crippen LogP contribution in [0.15, 0.2) is 23.1 Å². The maximum atomic E-state index is 11.1. The van der Waals surface area contributed by atoms with Crippen LogP contribution in [0.4, 0.5) is 0 Å². The van der Waals surface area contributed by atoms with E-state index in [4.69, 9.17) is 9.66 Å². The molecule has 0 fully saturated rings. The first-order valence-corrected chi connectivity index (χ1v) is 5.19. The molecule has 0 radical (unpaired) electrons. The minimum absolute atomic E-state index is 0.335. The van der Waals surface area contributed by atoms with Gasteiger partial charge in [0.2, 0.25) is 0 Å². The van der Waals surface area contributed by atoms with Gasteiger partial charge in [-0.3, -0.25) is 4.55 Å². The van der Waals surface area contributed by atoms with Crippen molar-refractivity contribution in [1.29, 1.82) is 0 Å². The summed E-state index contributed by atoms with van der Waals surface area (Å²) in [5.41, 5.74) is -0.335. The Morgan fingerprint density at radius 3 is 2.47 bits per heavy atom. The Hall–Kier alpha value is -1.60. The van der Waals surface area contributed by atoms with Crippen LogP contribution in [0.25, 0.3) is 0 Å². The molecule has 0 heterocycles. The number of hydrogen-bond acceptors (Lipinski definition) is 5. The van der Waals surface area contributed by atoms with Crippen LogP contribution >= 0.6 is 0 Å². The van der Waals surface area contributed by atoms with E-state index < -0.39 is 21.0 Å². The van der Waals surface area contributed by atoms with Crippen LogP contribution in [0.1, 0.15) is 10.4 Å². The van der Waals surface area contributed by atoms with E-state index in [0.717, 1.165) is 25.3 Å². The zero-order valence-corrected chi connectivity index (χ0v) is 8.48. The number of carbonyl (C=O) groups excluding carboxylic acids is 1. The summed E-state index contributed by atoms with van der Waals surface area (Å²) in [7, 11) is -3.50. The van der Waals surface area contributed by atoms with Crippen molar-refractivity contribution < 1.29 is 27.6 Å². The zero-order chi connectivity index (χ0) is 11.6. The van der Waals surface area contributed by atoms with Gasteiger partial charge in [0.25, 0.3) is 10.1 Å². The summed E-state index contributed by atoms with van der Waals surface area (Å²) in [4.78, 5) is 10.4. The van der Waals surface area contributed by atoms with Gasteiger partial charge in [0.05, 0.1) is 12.7 Å².